The van der Waals surface area contributed by atoms with Gasteiger partial charge in [0.05, 0.1) is 0 Å². The number of nitrogens with one attached hydrogen (secondary N) is 1. The maximum absolute atomic E-state index is 12.9. The van der Waals surface area contributed by atoms with Crippen LogP contribution in [0.4, 0.5) is 4.39 Å². The van der Waals surface area contributed by atoms with Gasteiger partial charge in [-0.15, -0.1) is 0 Å². The molecule has 0 aromatic heterocycles. The predicted octanol–water partition coefficient (Wildman–Crippen LogP) is 3.06. The molecule has 2 heteroatoms. The Balaban J connectivity index is 2.03. The molecule has 1 atom stereocenters. The third-order valence-electron chi connectivity index (χ3n) is 3.37. The van der Waals surface area contributed by atoms with Gasteiger partial charge in [0.2, 0.25) is 0 Å². The fourth-order valence-corrected chi connectivity index (χ4v) is 2.49. The van der Waals surface area contributed by atoms with E-state index in [1.165, 1.54) is 28.8 Å². The lowest BCUT2D eigenvalue weighted by Gasteiger charge is -2.26. The Hall–Kier alpha value is -1.67. The van der Waals surface area contributed by atoms with E-state index in [-0.39, 0.29) is 5.82 Å². The fraction of sp³-hybridized carbons (Fsp3) is 0.200. The van der Waals surface area contributed by atoms with E-state index in [2.05, 4.69) is 29.6 Å². The average Bonchev–Trinajstić information content (AvgIpc) is 2.39. The Kier molecular flexibility index (Phi) is 2.65. The molecule has 0 saturated heterocycles. The normalized spacial score (nSPS) is 18.8. The summed E-state index contributed by atoms with van der Waals surface area (Å²) < 4.78 is 12.9. The molecule has 0 bridgehead atoms. The third-order valence-corrected chi connectivity index (χ3v) is 3.37. The van der Waals surface area contributed by atoms with Crippen LogP contribution in [0.1, 0.15) is 22.6 Å². The molecule has 2 aromatic carbocycles. The molecule has 17 heavy (non-hydrogen) atoms. The van der Waals surface area contributed by atoms with Gasteiger partial charge in [-0.25, -0.2) is 4.39 Å². The van der Waals surface area contributed by atoms with E-state index in [9.17, 15) is 4.39 Å². The standard InChI is InChI=1S/C15H14FN/c16-13-7-5-11(6-8-13)15-10-17-9-12-3-1-2-4-14(12)15/h1-8,15,17H,9-10H2/t15-/m0/s1. The molecule has 0 amide bonds. The summed E-state index contributed by atoms with van der Waals surface area (Å²) in [7, 11) is 0. The molecule has 0 unspecified atom stereocenters. The summed E-state index contributed by atoms with van der Waals surface area (Å²) in [5.74, 6) is 0.159. The summed E-state index contributed by atoms with van der Waals surface area (Å²) in [6.07, 6.45) is 0. The van der Waals surface area contributed by atoms with Gasteiger partial charge in [-0.05, 0) is 28.8 Å². The highest BCUT2D eigenvalue weighted by Crippen LogP contribution is 2.29. The van der Waals surface area contributed by atoms with Crippen molar-refractivity contribution in [2.45, 2.75) is 12.5 Å². The number of hydrogen-bond acceptors (Lipinski definition) is 1. The first-order chi connectivity index (χ1) is 8.34. The van der Waals surface area contributed by atoms with Crippen molar-refractivity contribution in [1.29, 1.82) is 0 Å². The van der Waals surface area contributed by atoms with Crippen molar-refractivity contribution in [3.63, 3.8) is 0 Å². The summed E-state index contributed by atoms with van der Waals surface area (Å²) in [6, 6.07) is 15.3. The zero-order valence-electron chi connectivity index (χ0n) is 9.49. The minimum absolute atomic E-state index is 0.175. The highest BCUT2D eigenvalue weighted by Gasteiger charge is 2.20. The van der Waals surface area contributed by atoms with Crippen LogP contribution in [-0.4, -0.2) is 6.54 Å². The molecule has 1 aliphatic rings. The Labute approximate surface area is 100 Å². The van der Waals surface area contributed by atoms with Crippen LogP contribution in [-0.2, 0) is 6.54 Å². The predicted molar refractivity (Wildman–Crippen MR) is 66.4 cm³/mol. The van der Waals surface area contributed by atoms with Gasteiger partial charge in [0.15, 0.2) is 0 Å². The number of hydrogen-bond donors (Lipinski definition) is 1. The first-order valence-electron chi connectivity index (χ1n) is 5.88. The lowest BCUT2D eigenvalue weighted by molar-refractivity contribution is 0.588. The Morgan fingerprint density at radius 1 is 1.00 bits per heavy atom. The molecule has 2 aromatic rings. The van der Waals surface area contributed by atoms with E-state index in [0.29, 0.717) is 5.92 Å². The quantitative estimate of drug-likeness (QED) is 0.789. The Bertz CT molecular complexity index is 519. The molecule has 0 spiro atoms. The highest BCUT2D eigenvalue weighted by atomic mass is 19.1. The second-order valence-electron chi connectivity index (χ2n) is 4.43. The van der Waals surface area contributed by atoms with Gasteiger partial charge in [0, 0.05) is 19.0 Å². The van der Waals surface area contributed by atoms with Gasteiger partial charge in [-0.2, -0.15) is 0 Å². The zero-order chi connectivity index (χ0) is 11.7. The minimum atomic E-state index is -0.175. The Morgan fingerprint density at radius 2 is 1.76 bits per heavy atom. The molecule has 3 rings (SSSR count). The summed E-state index contributed by atoms with van der Waals surface area (Å²) in [5, 5.41) is 3.41. The van der Waals surface area contributed by atoms with Crippen molar-refractivity contribution in [1.82, 2.24) is 5.32 Å². The van der Waals surface area contributed by atoms with Crippen LogP contribution >= 0.6 is 0 Å². The van der Waals surface area contributed by atoms with E-state index >= 15 is 0 Å². The largest absolute Gasteiger partial charge is 0.312 e. The van der Waals surface area contributed by atoms with Crippen molar-refractivity contribution < 1.29 is 4.39 Å². The average molecular weight is 227 g/mol. The van der Waals surface area contributed by atoms with Gasteiger partial charge in [0.1, 0.15) is 5.82 Å². The maximum atomic E-state index is 12.9. The van der Waals surface area contributed by atoms with Crippen LogP contribution in [0.2, 0.25) is 0 Å². The monoisotopic (exact) mass is 227 g/mol. The van der Waals surface area contributed by atoms with Crippen molar-refractivity contribution >= 4 is 0 Å². The smallest absolute Gasteiger partial charge is 0.123 e. The van der Waals surface area contributed by atoms with E-state index in [1.54, 1.807) is 0 Å². The summed E-state index contributed by atoms with van der Waals surface area (Å²) >= 11 is 0. The van der Waals surface area contributed by atoms with Crippen LogP contribution in [0.3, 0.4) is 0 Å². The van der Waals surface area contributed by atoms with Crippen molar-refractivity contribution in [2.24, 2.45) is 0 Å². The molecular weight excluding hydrogens is 213 g/mol. The summed E-state index contributed by atoms with van der Waals surface area (Å²) in [6.45, 7) is 1.84. The van der Waals surface area contributed by atoms with Crippen LogP contribution in [0.15, 0.2) is 48.5 Å². The van der Waals surface area contributed by atoms with E-state index in [0.717, 1.165) is 13.1 Å². The van der Waals surface area contributed by atoms with Crippen molar-refractivity contribution in [2.75, 3.05) is 6.54 Å². The topological polar surface area (TPSA) is 12.0 Å². The highest BCUT2D eigenvalue weighted by molar-refractivity contribution is 5.40. The van der Waals surface area contributed by atoms with E-state index in [4.69, 9.17) is 0 Å². The Morgan fingerprint density at radius 3 is 2.59 bits per heavy atom. The molecule has 1 aliphatic heterocycles. The van der Waals surface area contributed by atoms with Gasteiger partial charge in [-0.1, -0.05) is 36.4 Å². The minimum Gasteiger partial charge on any atom is -0.312 e. The molecule has 1 nitrogen and oxygen atoms in total. The van der Waals surface area contributed by atoms with Crippen LogP contribution in [0.25, 0.3) is 0 Å². The number of halogens is 1. The lowest BCUT2D eigenvalue weighted by Crippen LogP contribution is -2.28. The molecule has 1 N–H and O–H groups in total. The van der Waals surface area contributed by atoms with E-state index < -0.39 is 0 Å². The number of rotatable bonds is 1. The SMILES string of the molecule is Fc1ccc([C@@H]2CNCc3ccccc32)cc1. The van der Waals surface area contributed by atoms with Crippen molar-refractivity contribution in [3.05, 3.63) is 71.0 Å². The molecule has 1 heterocycles. The summed E-state index contributed by atoms with van der Waals surface area (Å²) in [5.41, 5.74) is 3.87. The zero-order valence-corrected chi connectivity index (χ0v) is 9.49. The van der Waals surface area contributed by atoms with Crippen molar-refractivity contribution in [3.8, 4) is 0 Å². The molecule has 0 aliphatic carbocycles. The second kappa shape index (κ2) is 4.30. The molecule has 0 saturated carbocycles. The van der Waals surface area contributed by atoms with Crippen LogP contribution in [0.5, 0.6) is 0 Å². The third kappa shape index (κ3) is 1.96. The molecule has 0 fully saturated rings. The van der Waals surface area contributed by atoms with Gasteiger partial charge in [-0.3, -0.25) is 0 Å². The first kappa shape index (κ1) is 10.5. The molecular formula is C15H14FN. The van der Waals surface area contributed by atoms with Gasteiger partial charge < -0.3 is 5.32 Å². The molecule has 86 valence electrons. The van der Waals surface area contributed by atoms with E-state index in [1.807, 2.05) is 12.1 Å². The molecule has 0 radical (unpaired) electrons. The van der Waals surface area contributed by atoms with Gasteiger partial charge in [0.25, 0.3) is 0 Å². The van der Waals surface area contributed by atoms with Gasteiger partial charge >= 0.3 is 0 Å². The lowest BCUT2D eigenvalue weighted by atomic mass is 9.86. The summed E-state index contributed by atoms with van der Waals surface area (Å²) in [4.78, 5) is 0. The maximum Gasteiger partial charge on any atom is 0.123 e. The second-order valence-corrected chi connectivity index (χ2v) is 4.43. The number of benzene rings is 2. The first-order valence-corrected chi connectivity index (χ1v) is 5.88. The van der Waals surface area contributed by atoms with Crippen LogP contribution in [0, 0.1) is 5.82 Å². The van der Waals surface area contributed by atoms with Crippen LogP contribution < -0.4 is 5.32 Å². The number of fused-ring (bicyclic) bond motifs is 1. The fourth-order valence-electron chi connectivity index (χ4n) is 2.49.